The smallest absolute Gasteiger partial charge is 0.345 e. The lowest BCUT2D eigenvalue weighted by Gasteiger charge is -2.06. The summed E-state index contributed by atoms with van der Waals surface area (Å²) >= 11 is 6.01. The highest BCUT2D eigenvalue weighted by atomic mass is 35.5. The highest BCUT2D eigenvalue weighted by Gasteiger charge is 2.12. The zero-order valence-electron chi connectivity index (χ0n) is 16.0. The lowest BCUT2D eigenvalue weighted by Crippen LogP contribution is -2.16. The molecule has 148 valence electrons. The molecule has 0 atom stereocenters. The van der Waals surface area contributed by atoms with Crippen LogP contribution in [0.5, 0.6) is 5.75 Å². The molecule has 0 heterocycles. The molecule has 0 unspecified atom stereocenters. The third-order valence-electron chi connectivity index (χ3n) is 4.07. The topological polar surface area (TPSA) is 67.8 Å². The minimum atomic E-state index is -0.531. The van der Waals surface area contributed by atoms with Crippen molar-refractivity contribution < 1.29 is 14.3 Å². The molecule has 2 aromatic carbocycles. The molecule has 0 aliphatic carbocycles. The molecule has 5 nitrogen and oxygen atoms in total. The third-order valence-corrected chi connectivity index (χ3v) is 4.40. The van der Waals surface area contributed by atoms with Crippen LogP contribution in [0.25, 0.3) is 0 Å². The second-order valence-corrected chi connectivity index (χ2v) is 6.81. The average molecular weight is 401 g/mol. The number of carbonyl (C=O) groups excluding carboxylic acids is 2. The summed E-state index contributed by atoms with van der Waals surface area (Å²) < 4.78 is 5.36. The van der Waals surface area contributed by atoms with E-state index >= 15 is 0 Å². The molecule has 0 aliphatic rings. The van der Waals surface area contributed by atoms with Crippen LogP contribution >= 0.6 is 11.6 Å². The Morgan fingerprint density at radius 2 is 1.86 bits per heavy atom. The first-order valence-corrected chi connectivity index (χ1v) is 9.86. The number of amides is 1. The van der Waals surface area contributed by atoms with Gasteiger partial charge >= 0.3 is 5.97 Å². The highest BCUT2D eigenvalue weighted by molar-refractivity contribution is 6.33. The predicted molar refractivity (Wildman–Crippen MR) is 112 cm³/mol. The molecule has 0 fully saturated rings. The zero-order chi connectivity index (χ0) is 20.2. The van der Waals surface area contributed by atoms with E-state index in [4.69, 9.17) is 16.3 Å². The van der Waals surface area contributed by atoms with Gasteiger partial charge in [0.2, 0.25) is 5.91 Å². The highest BCUT2D eigenvalue weighted by Crippen LogP contribution is 2.19. The Hall–Kier alpha value is -2.66. The van der Waals surface area contributed by atoms with Crippen LogP contribution in [0.1, 0.15) is 61.4 Å². The van der Waals surface area contributed by atoms with Crippen molar-refractivity contribution in [3.05, 3.63) is 64.7 Å². The monoisotopic (exact) mass is 400 g/mol. The minimum absolute atomic E-state index is 0.103. The van der Waals surface area contributed by atoms with Gasteiger partial charge in [-0.1, -0.05) is 68.5 Å². The van der Waals surface area contributed by atoms with Gasteiger partial charge < -0.3 is 4.74 Å². The van der Waals surface area contributed by atoms with Crippen molar-refractivity contribution in [2.75, 3.05) is 0 Å². The van der Waals surface area contributed by atoms with Crippen LogP contribution in [0.15, 0.2) is 53.6 Å². The molecule has 1 amide bonds. The maximum atomic E-state index is 12.2. The number of benzene rings is 2. The number of hydrogen-bond acceptors (Lipinski definition) is 4. The molecule has 1 N–H and O–H groups in total. The van der Waals surface area contributed by atoms with Gasteiger partial charge in [-0.15, -0.1) is 0 Å². The van der Waals surface area contributed by atoms with Gasteiger partial charge in [0.25, 0.3) is 0 Å². The number of halogens is 1. The van der Waals surface area contributed by atoms with Gasteiger partial charge in [-0.05, 0) is 36.2 Å². The van der Waals surface area contributed by atoms with E-state index in [1.165, 1.54) is 19.1 Å². The molecule has 0 saturated heterocycles. The summed E-state index contributed by atoms with van der Waals surface area (Å²) in [6.45, 7) is 2.16. The van der Waals surface area contributed by atoms with E-state index in [0.29, 0.717) is 28.3 Å². The number of unbranched alkanes of at least 4 members (excludes halogenated alkanes) is 4. The van der Waals surface area contributed by atoms with Gasteiger partial charge in [0.15, 0.2) is 0 Å². The fourth-order valence-corrected chi connectivity index (χ4v) is 2.78. The SMILES string of the molecule is CCCCCCCC(=O)N/N=C/c1cccc(OC(=O)c2ccccc2Cl)c1. The van der Waals surface area contributed by atoms with Crippen molar-refractivity contribution in [1.29, 1.82) is 0 Å². The Morgan fingerprint density at radius 3 is 2.64 bits per heavy atom. The molecule has 28 heavy (non-hydrogen) atoms. The Labute approximate surface area is 170 Å². The molecule has 0 saturated carbocycles. The van der Waals surface area contributed by atoms with Crippen LogP contribution in [-0.2, 0) is 4.79 Å². The van der Waals surface area contributed by atoms with Crippen LogP contribution < -0.4 is 10.2 Å². The number of ether oxygens (including phenoxy) is 1. The van der Waals surface area contributed by atoms with E-state index in [1.807, 2.05) is 0 Å². The molecule has 0 spiro atoms. The second kappa shape index (κ2) is 11.9. The maximum Gasteiger partial charge on any atom is 0.345 e. The molecule has 0 aromatic heterocycles. The summed E-state index contributed by atoms with van der Waals surface area (Å²) in [5.41, 5.74) is 3.52. The fourth-order valence-electron chi connectivity index (χ4n) is 2.57. The first-order valence-electron chi connectivity index (χ1n) is 9.49. The van der Waals surface area contributed by atoms with Crippen molar-refractivity contribution in [1.82, 2.24) is 5.43 Å². The van der Waals surface area contributed by atoms with Crippen LogP contribution in [0.3, 0.4) is 0 Å². The van der Waals surface area contributed by atoms with Crippen molar-refractivity contribution in [2.24, 2.45) is 5.10 Å². The lowest BCUT2D eigenvalue weighted by molar-refractivity contribution is -0.121. The minimum Gasteiger partial charge on any atom is -0.423 e. The summed E-state index contributed by atoms with van der Waals surface area (Å²) in [7, 11) is 0. The number of esters is 1. The van der Waals surface area contributed by atoms with E-state index < -0.39 is 5.97 Å². The molecular weight excluding hydrogens is 376 g/mol. The van der Waals surface area contributed by atoms with Crippen molar-refractivity contribution in [3.8, 4) is 5.75 Å². The van der Waals surface area contributed by atoms with Gasteiger partial charge in [-0.2, -0.15) is 5.10 Å². The lowest BCUT2D eigenvalue weighted by atomic mass is 10.1. The number of hydrogen-bond donors (Lipinski definition) is 1. The van der Waals surface area contributed by atoms with Gasteiger partial charge in [-0.3, -0.25) is 4.79 Å². The van der Waals surface area contributed by atoms with Crippen LogP contribution in [0.2, 0.25) is 5.02 Å². The summed E-state index contributed by atoms with van der Waals surface area (Å²) in [6, 6.07) is 13.6. The molecule has 0 bridgehead atoms. The third kappa shape index (κ3) is 7.53. The first-order chi connectivity index (χ1) is 13.6. The number of hydrazone groups is 1. The Kier molecular flexibility index (Phi) is 9.22. The Bertz CT molecular complexity index is 821. The van der Waals surface area contributed by atoms with Gasteiger partial charge in [-0.25, -0.2) is 10.2 Å². The van der Waals surface area contributed by atoms with Gasteiger partial charge in [0.1, 0.15) is 5.75 Å². The number of nitrogens with zero attached hydrogens (tertiary/aromatic N) is 1. The standard InChI is InChI=1S/C22H25ClN2O3/c1-2-3-4-5-6-14-21(26)25-24-16-17-10-9-11-18(15-17)28-22(27)19-12-7-8-13-20(19)23/h7-13,15-16H,2-6,14H2,1H3,(H,25,26)/b24-16+. The summed E-state index contributed by atoms with van der Waals surface area (Å²) in [6.07, 6.45) is 7.46. The summed E-state index contributed by atoms with van der Waals surface area (Å²) in [5, 5.41) is 4.30. The van der Waals surface area contributed by atoms with E-state index in [0.717, 1.165) is 19.3 Å². The normalized spacial score (nSPS) is 10.8. The number of rotatable bonds is 10. The van der Waals surface area contributed by atoms with E-state index in [-0.39, 0.29) is 5.91 Å². The molecule has 0 aliphatic heterocycles. The summed E-state index contributed by atoms with van der Waals surface area (Å²) in [5.74, 6) is -0.263. The molecule has 2 rings (SSSR count). The Morgan fingerprint density at radius 1 is 1.07 bits per heavy atom. The van der Waals surface area contributed by atoms with Crippen LogP contribution in [-0.4, -0.2) is 18.1 Å². The molecular formula is C22H25ClN2O3. The number of carbonyl (C=O) groups is 2. The van der Waals surface area contributed by atoms with Gasteiger partial charge in [0, 0.05) is 6.42 Å². The zero-order valence-corrected chi connectivity index (χ0v) is 16.7. The van der Waals surface area contributed by atoms with E-state index in [9.17, 15) is 9.59 Å². The predicted octanol–water partition coefficient (Wildman–Crippen LogP) is 5.37. The van der Waals surface area contributed by atoms with Gasteiger partial charge in [0.05, 0.1) is 16.8 Å². The molecule has 0 radical (unpaired) electrons. The summed E-state index contributed by atoms with van der Waals surface area (Å²) in [4.78, 5) is 24.0. The largest absolute Gasteiger partial charge is 0.423 e. The van der Waals surface area contributed by atoms with E-state index in [2.05, 4.69) is 17.5 Å². The fraction of sp³-hybridized carbons (Fsp3) is 0.318. The molecule has 6 heteroatoms. The Balaban J connectivity index is 1.84. The molecule has 2 aromatic rings. The quantitative estimate of drug-likeness (QED) is 0.192. The first kappa shape index (κ1) is 21.6. The van der Waals surface area contributed by atoms with Crippen molar-refractivity contribution in [2.45, 2.75) is 45.4 Å². The second-order valence-electron chi connectivity index (χ2n) is 6.40. The maximum absolute atomic E-state index is 12.2. The van der Waals surface area contributed by atoms with E-state index in [1.54, 1.807) is 48.5 Å². The van der Waals surface area contributed by atoms with Crippen molar-refractivity contribution in [3.63, 3.8) is 0 Å². The van der Waals surface area contributed by atoms with Crippen molar-refractivity contribution >= 4 is 29.7 Å². The van der Waals surface area contributed by atoms with Crippen LogP contribution in [0.4, 0.5) is 0 Å². The van der Waals surface area contributed by atoms with Crippen LogP contribution in [0, 0.1) is 0 Å². The number of nitrogens with one attached hydrogen (secondary N) is 1. The average Bonchev–Trinajstić information content (AvgIpc) is 2.68.